The van der Waals surface area contributed by atoms with Crippen molar-refractivity contribution in [2.45, 2.75) is 63.6 Å². The Labute approximate surface area is 180 Å². The fourth-order valence-electron chi connectivity index (χ4n) is 6.44. The molecule has 2 aliphatic carbocycles. The van der Waals surface area contributed by atoms with Crippen LogP contribution in [0.3, 0.4) is 0 Å². The van der Waals surface area contributed by atoms with E-state index in [0.29, 0.717) is 17.5 Å². The molecule has 0 amide bonds. The van der Waals surface area contributed by atoms with Crippen LogP contribution in [0.25, 0.3) is 0 Å². The monoisotopic (exact) mass is 402 g/mol. The summed E-state index contributed by atoms with van der Waals surface area (Å²) in [6, 6.07) is 12.3. The van der Waals surface area contributed by atoms with Crippen molar-refractivity contribution in [2.24, 2.45) is 5.41 Å². The smallest absolute Gasteiger partial charge is 0.0607 e. The topological polar surface area (TPSA) is 31.4 Å². The highest BCUT2D eigenvalue weighted by molar-refractivity contribution is 5.60. The fourth-order valence-corrected chi connectivity index (χ4v) is 6.44. The summed E-state index contributed by atoms with van der Waals surface area (Å²) in [7, 11) is 2.30. The van der Waals surface area contributed by atoms with Crippen LogP contribution in [0.4, 0.5) is 5.69 Å². The average Bonchev–Trinajstić information content (AvgIpc) is 2.71. The maximum atomic E-state index is 4.77. The summed E-state index contributed by atoms with van der Waals surface area (Å²) in [5.41, 5.74) is 8.07. The number of hydrogen-bond acceptors (Lipinski definition) is 4. The predicted octanol–water partition coefficient (Wildman–Crippen LogP) is 4.10. The molecule has 30 heavy (non-hydrogen) atoms. The van der Waals surface area contributed by atoms with Crippen molar-refractivity contribution in [3.63, 3.8) is 0 Å². The number of benzene rings is 1. The average molecular weight is 403 g/mol. The minimum atomic E-state index is 0.460. The largest absolute Gasteiger partial charge is 0.370 e. The van der Waals surface area contributed by atoms with E-state index in [2.05, 4.69) is 52.5 Å². The third-order valence-corrected chi connectivity index (χ3v) is 8.29. The van der Waals surface area contributed by atoms with Crippen molar-refractivity contribution in [1.29, 1.82) is 0 Å². The van der Waals surface area contributed by atoms with Crippen molar-refractivity contribution < 1.29 is 0 Å². The van der Waals surface area contributed by atoms with Crippen molar-refractivity contribution in [2.75, 3.05) is 31.6 Å². The van der Waals surface area contributed by atoms with Gasteiger partial charge in [-0.15, -0.1) is 0 Å². The van der Waals surface area contributed by atoms with Crippen molar-refractivity contribution in [3.8, 4) is 0 Å². The van der Waals surface area contributed by atoms with Gasteiger partial charge in [-0.3, -0.25) is 9.88 Å². The van der Waals surface area contributed by atoms with Crippen LogP contribution in [0.2, 0.25) is 0 Å². The summed E-state index contributed by atoms with van der Waals surface area (Å²) in [5, 5.41) is 3.83. The molecule has 1 spiro atoms. The van der Waals surface area contributed by atoms with Crippen molar-refractivity contribution in [1.82, 2.24) is 15.2 Å². The summed E-state index contributed by atoms with van der Waals surface area (Å²) < 4.78 is 0. The van der Waals surface area contributed by atoms with E-state index in [4.69, 9.17) is 4.98 Å². The number of likely N-dealkylation sites (N-methyl/N-ethyl adjacent to an activating group) is 1. The highest BCUT2D eigenvalue weighted by Crippen LogP contribution is 2.50. The molecule has 1 aromatic heterocycles. The van der Waals surface area contributed by atoms with Crippen LogP contribution in [0.1, 0.15) is 60.5 Å². The highest BCUT2D eigenvalue weighted by Gasteiger charge is 2.47. The minimum Gasteiger partial charge on any atom is -0.370 e. The number of nitrogens with one attached hydrogen (secondary N) is 1. The van der Waals surface area contributed by atoms with E-state index >= 15 is 0 Å². The molecule has 0 radical (unpaired) electrons. The minimum absolute atomic E-state index is 0.460. The summed E-state index contributed by atoms with van der Waals surface area (Å²) in [6.45, 7) is 4.65. The van der Waals surface area contributed by atoms with E-state index in [0.717, 1.165) is 19.5 Å². The number of aromatic nitrogens is 1. The molecule has 4 aliphatic rings. The first-order chi connectivity index (χ1) is 14.7. The van der Waals surface area contributed by atoms with Gasteiger partial charge in [0.1, 0.15) is 0 Å². The second-order valence-corrected chi connectivity index (χ2v) is 10.3. The Balaban J connectivity index is 1.17. The van der Waals surface area contributed by atoms with Gasteiger partial charge in [0.25, 0.3) is 0 Å². The lowest BCUT2D eigenvalue weighted by molar-refractivity contribution is 0.0901. The molecule has 1 N–H and O–H groups in total. The van der Waals surface area contributed by atoms with E-state index in [1.807, 2.05) is 6.20 Å². The number of hydrogen-bond donors (Lipinski definition) is 1. The molecular formula is C26H34N4. The van der Waals surface area contributed by atoms with Crippen LogP contribution in [0, 0.1) is 5.41 Å². The third-order valence-electron chi connectivity index (χ3n) is 8.29. The second kappa shape index (κ2) is 7.35. The summed E-state index contributed by atoms with van der Waals surface area (Å²) in [6.07, 6.45) is 11.1. The molecule has 3 heterocycles. The third kappa shape index (κ3) is 3.16. The lowest BCUT2D eigenvalue weighted by atomic mass is 9.63. The van der Waals surface area contributed by atoms with Gasteiger partial charge in [-0.1, -0.05) is 24.6 Å². The maximum Gasteiger partial charge on any atom is 0.0607 e. The predicted molar refractivity (Wildman–Crippen MR) is 122 cm³/mol. The number of nitrogens with zero attached hydrogens (tertiary/aromatic N) is 3. The molecule has 1 saturated heterocycles. The zero-order valence-electron chi connectivity index (χ0n) is 18.2. The van der Waals surface area contributed by atoms with Gasteiger partial charge in [-0.2, -0.15) is 0 Å². The van der Waals surface area contributed by atoms with Gasteiger partial charge in [-0.05, 0) is 74.4 Å². The first-order valence-electron chi connectivity index (χ1n) is 11.9. The van der Waals surface area contributed by atoms with E-state index < -0.39 is 0 Å². The SMILES string of the molecule is CN(C[C@@H]1Cc2c(cccc2N2CC3(CCC3)C2)CN1)[C@H]1CCCc2cccnc21. The molecule has 4 nitrogen and oxygen atoms in total. The molecule has 2 aromatic rings. The van der Waals surface area contributed by atoms with E-state index in [1.165, 1.54) is 74.1 Å². The number of rotatable bonds is 4. The lowest BCUT2D eigenvalue weighted by Crippen LogP contribution is -2.60. The van der Waals surface area contributed by atoms with E-state index in [-0.39, 0.29) is 0 Å². The number of pyridine rings is 1. The molecule has 0 bridgehead atoms. The second-order valence-electron chi connectivity index (χ2n) is 10.3. The Morgan fingerprint density at radius 2 is 2.00 bits per heavy atom. The molecule has 4 heteroatoms. The van der Waals surface area contributed by atoms with Gasteiger partial charge >= 0.3 is 0 Å². The van der Waals surface area contributed by atoms with Gasteiger partial charge in [0.2, 0.25) is 0 Å². The maximum absolute atomic E-state index is 4.77. The van der Waals surface area contributed by atoms with Crippen LogP contribution in [-0.4, -0.2) is 42.6 Å². The molecule has 1 saturated carbocycles. The normalized spacial score (nSPS) is 26.7. The molecule has 158 valence electrons. The molecule has 6 rings (SSSR count). The Kier molecular flexibility index (Phi) is 4.61. The van der Waals surface area contributed by atoms with E-state index in [9.17, 15) is 0 Å². The Hall–Kier alpha value is -1.91. The molecule has 1 aromatic carbocycles. The van der Waals surface area contributed by atoms with Crippen LogP contribution in [0.15, 0.2) is 36.5 Å². The summed E-state index contributed by atoms with van der Waals surface area (Å²) >= 11 is 0. The highest BCUT2D eigenvalue weighted by atomic mass is 15.2. The summed E-state index contributed by atoms with van der Waals surface area (Å²) in [5.74, 6) is 0. The van der Waals surface area contributed by atoms with Gasteiger partial charge in [-0.25, -0.2) is 0 Å². The van der Waals surface area contributed by atoms with Gasteiger partial charge in [0.15, 0.2) is 0 Å². The Bertz CT molecular complexity index is 926. The molecule has 2 aliphatic heterocycles. The van der Waals surface area contributed by atoms with Crippen LogP contribution < -0.4 is 10.2 Å². The molecule has 2 atom stereocenters. The number of aryl methyl sites for hydroxylation is 1. The zero-order chi connectivity index (χ0) is 20.1. The molecule has 2 fully saturated rings. The molecule has 0 unspecified atom stereocenters. The van der Waals surface area contributed by atoms with Gasteiger partial charge < -0.3 is 10.2 Å². The fraction of sp³-hybridized carbons (Fsp3) is 0.577. The first kappa shape index (κ1) is 18.8. The zero-order valence-corrected chi connectivity index (χ0v) is 18.2. The van der Waals surface area contributed by atoms with Crippen LogP contribution in [-0.2, 0) is 19.4 Å². The van der Waals surface area contributed by atoms with Gasteiger partial charge in [0, 0.05) is 49.5 Å². The van der Waals surface area contributed by atoms with Crippen molar-refractivity contribution in [3.05, 3.63) is 58.9 Å². The van der Waals surface area contributed by atoms with Crippen LogP contribution >= 0.6 is 0 Å². The lowest BCUT2D eigenvalue weighted by Gasteiger charge is -2.57. The quantitative estimate of drug-likeness (QED) is 0.834. The van der Waals surface area contributed by atoms with E-state index in [1.54, 1.807) is 5.56 Å². The molecular weight excluding hydrogens is 368 g/mol. The standard InChI is InChI=1S/C26H34N4/c1-29(24-10-2-6-19-8-4-13-27-25(19)24)16-21-14-22-20(15-28-21)7-3-9-23(22)30-17-26(18-30)11-5-12-26/h3-4,7-9,13,21,24,28H,2,5-6,10-12,14-18H2,1H3/t21-,24-/m0/s1. The summed E-state index contributed by atoms with van der Waals surface area (Å²) in [4.78, 5) is 9.98. The first-order valence-corrected chi connectivity index (χ1v) is 11.9. The number of anilines is 1. The van der Waals surface area contributed by atoms with Crippen LogP contribution in [0.5, 0.6) is 0 Å². The van der Waals surface area contributed by atoms with Gasteiger partial charge in [0.05, 0.1) is 11.7 Å². The number of fused-ring (bicyclic) bond motifs is 2. The Morgan fingerprint density at radius 1 is 1.13 bits per heavy atom. The van der Waals surface area contributed by atoms with Crippen molar-refractivity contribution >= 4 is 5.69 Å². The Morgan fingerprint density at radius 3 is 2.83 bits per heavy atom.